The average Bonchev–Trinajstić information content (AvgIpc) is 1.61. The van der Waals surface area contributed by atoms with Gasteiger partial charge < -0.3 is 0 Å². The van der Waals surface area contributed by atoms with Crippen LogP contribution in [0.3, 0.4) is 0 Å². The summed E-state index contributed by atoms with van der Waals surface area (Å²) in [7, 11) is -2.10. The van der Waals surface area contributed by atoms with Gasteiger partial charge in [-0.2, -0.15) is 4.89 Å². The summed E-state index contributed by atoms with van der Waals surface area (Å²) in [5, 5.41) is 0. The highest BCUT2D eigenvalue weighted by molar-refractivity contribution is 7.37. The first-order valence-electron chi connectivity index (χ1n) is 1.97. The van der Waals surface area contributed by atoms with E-state index in [4.69, 9.17) is 4.89 Å². The summed E-state index contributed by atoms with van der Waals surface area (Å²) in [6.45, 7) is -0.498. The third-order valence-electron chi connectivity index (χ3n) is 0.483. The summed E-state index contributed by atoms with van der Waals surface area (Å²) in [4.78, 5) is 8.03. The highest BCUT2D eigenvalue weighted by Crippen LogP contribution is 2.12. The monoisotopic (exact) mass is 155 g/mol. The molecule has 0 heterocycles. The molecule has 0 rings (SSSR count). The number of hydrogen-bond acceptors (Lipinski definition) is 1. The first-order chi connectivity index (χ1) is 3.27. The van der Waals surface area contributed by atoms with Crippen LogP contribution in [-0.2, 0) is 4.57 Å². The fourth-order valence-electron chi connectivity index (χ4n) is 0.195. The van der Waals surface area contributed by atoms with E-state index in [1.165, 1.54) is 0 Å². The van der Waals surface area contributed by atoms with Crippen molar-refractivity contribution < 1.29 is 13.8 Å². The molecule has 0 amide bonds. The zero-order valence-electron chi connectivity index (χ0n) is 3.80. The first kappa shape index (κ1) is 11.3. The lowest BCUT2D eigenvalue weighted by molar-refractivity contribution is 0.469. The number of alkyl halides is 1. The normalized spacial score (nSPS) is 10.0. The van der Waals surface area contributed by atoms with Crippen molar-refractivity contribution in [3.05, 3.63) is 0 Å². The van der Waals surface area contributed by atoms with Crippen molar-refractivity contribution >= 4 is 25.4 Å². The molecule has 0 fully saturated rings. The molecule has 0 saturated heterocycles. The minimum absolute atomic E-state index is 0. The van der Waals surface area contributed by atoms with Gasteiger partial charge in [-0.1, -0.05) is 0 Å². The molecule has 0 aromatic rings. The second-order valence-corrected chi connectivity index (χ2v) is 2.27. The molecule has 0 aliphatic rings. The van der Waals surface area contributed by atoms with E-state index in [9.17, 15) is 8.96 Å². The lowest BCUT2D eigenvalue weighted by Crippen LogP contribution is -1.78. The van der Waals surface area contributed by atoms with Gasteiger partial charge in [-0.3, -0.25) is 4.39 Å². The van der Waals surface area contributed by atoms with Crippen molar-refractivity contribution in [2.45, 2.75) is 6.42 Å². The van der Waals surface area contributed by atoms with Crippen LogP contribution in [0.25, 0.3) is 0 Å². The van der Waals surface area contributed by atoms with Crippen molar-refractivity contribution in [3.8, 4) is 0 Å². The minimum atomic E-state index is -2.10. The number of hydrogen-bond donors (Lipinski definition) is 1. The van der Waals surface area contributed by atoms with Gasteiger partial charge in [0, 0.05) is 6.42 Å². The summed E-state index contributed by atoms with van der Waals surface area (Å²) < 4.78 is 20.9. The van der Waals surface area contributed by atoms with Crippen molar-refractivity contribution in [2.24, 2.45) is 0 Å². The average molecular weight is 155 g/mol. The van der Waals surface area contributed by atoms with Gasteiger partial charge >= 0.3 is 8.03 Å². The van der Waals surface area contributed by atoms with Gasteiger partial charge in [0.05, 0.1) is 6.67 Å². The topological polar surface area (TPSA) is 37.3 Å². The summed E-state index contributed by atoms with van der Waals surface area (Å²) in [5.74, 6) is 0. The second kappa shape index (κ2) is 7.52. The van der Waals surface area contributed by atoms with Gasteiger partial charge in [-0.25, -0.2) is 0 Å². The molecule has 0 aromatic carbocycles. The van der Waals surface area contributed by atoms with Crippen LogP contribution in [0.1, 0.15) is 6.42 Å². The summed E-state index contributed by atoms with van der Waals surface area (Å²) in [6, 6.07) is 0. The molecule has 1 atom stereocenters. The second-order valence-electron chi connectivity index (χ2n) is 1.12. The molecule has 5 heteroatoms. The van der Waals surface area contributed by atoms with E-state index in [-0.39, 0.29) is 29.9 Å². The van der Waals surface area contributed by atoms with Crippen molar-refractivity contribution in [1.82, 2.24) is 0 Å². The maximum Gasteiger partial charge on any atom is 0.505 e. The Morgan fingerprint density at radius 1 is 1.62 bits per heavy atom. The Morgan fingerprint density at radius 3 is 2.25 bits per heavy atom. The van der Waals surface area contributed by atoms with E-state index in [1.807, 2.05) is 0 Å². The van der Waals surface area contributed by atoms with Gasteiger partial charge in [0.2, 0.25) is 0 Å². The number of rotatable bonds is 3. The van der Waals surface area contributed by atoms with E-state index >= 15 is 0 Å². The Morgan fingerprint density at radius 2 is 2.12 bits per heavy atom. The third kappa shape index (κ3) is 9.73. The Labute approximate surface area is 59.1 Å². The molecule has 48 valence electrons. The van der Waals surface area contributed by atoms with Crippen LogP contribution < -0.4 is 0 Å². The molecule has 0 aromatic heterocycles. The maximum atomic E-state index is 11.1. The van der Waals surface area contributed by atoms with Crippen LogP contribution >= 0.6 is 8.03 Å². The number of halogens is 1. The lowest BCUT2D eigenvalue weighted by Gasteiger charge is -1.73. The van der Waals surface area contributed by atoms with Crippen LogP contribution in [0.4, 0.5) is 4.39 Å². The Bertz CT molecular complexity index is 70.3. The summed E-state index contributed by atoms with van der Waals surface area (Å²) in [6.07, 6.45) is 0.289. The first-order valence-corrected chi connectivity index (χ1v) is 3.36. The fourth-order valence-corrected chi connectivity index (χ4v) is 0.585. The van der Waals surface area contributed by atoms with Gasteiger partial charge in [-0.15, -0.1) is 0 Å². The van der Waals surface area contributed by atoms with Gasteiger partial charge in [-0.05, 0) is 4.57 Å². The highest BCUT2D eigenvalue weighted by atomic mass is 31.1. The SMILES string of the molecule is O=[P+](O)CCCF.[AlH3]. The summed E-state index contributed by atoms with van der Waals surface area (Å²) in [5.41, 5.74) is 0. The molecule has 1 unspecified atom stereocenters. The standard InChI is InChI=1S/C3H6FO2P.Al.3H/c4-2-1-3-7(5)6;;;;/h1-3H2;;;;/p+1. The lowest BCUT2D eigenvalue weighted by atomic mass is 10.6. The smallest absolute Gasteiger partial charge is 0.251 e. The van der Waals surface area contributed by atoms with E-state index in [1.54, 1.807) is 0 Å². The molecule has 0 saturated carbocycles. The van der Waals surface area contributed by atoms with Gasteiger partial charge in [0.25, 0.3) is 0 Å². The van der Waals surface area contributed by atoms with Gasteiger partial charge in [0.15, 0.2) is 23.5 Å². The molecular weight excluding hydrogens is 145 g/mol. The van der Waals surface area contributed by atoms with E-state index in [0.717, 1.165) is 0 Å². The van der Waals surface area contributed by atoms with Crippen LogP contribution in [0.15, 0.2) is 0 Å². The molecule has 0 bridgehead atoms. The molecule has 0 spiro atoms. The van der Waals surface area contributed by atoms with Crippen molar-refractivity contribution in [2.75, 3.05) is 12.8 Å². The minimum Gasteiger partial charge on any atom is -0.251 e. The van der Waals surface area contributed by atoms with E-state index < -0.39 is 14.7 Å². The third-order valence-corrected chi connectivity index (χ3v) is 1.18. The van der Waals surface area contributed by atoms with Crippen LogP contribution in [0.5, 0.6) is 0 Å². The molecule has 8 heavy (non-hydrogen) atoms. The fraction of sp³-hybridized carbons (Fsp3) is 1.00. The van der Waals surface area contributed by atoms with E-state index in [0.29, 0.717) is 0 Å². The zero-order chi connectivity index (χ0) is 5.70. The molecular formula is C3H10AlFO2P+. The maximum absolute atomic E-state index is 11.1. The Balaban J connectivity index is 0. The quantitative estimate of drug-likeness (QED) is 0.456. The van der Waals surface area contributed by atoms with Crippen LogP contribution in [0.2, 0.25) is 0 Å². The largest absolute Gasteiger partial charge is 0.505 e. The van der Waals surface area contributed by atoms with E-state index in [2.05, 4.69) is 0 Å². The molecule has 0 aliphatic heterocycles. The van der Waals surface area contributed by atoms with Crippen molar-refractivity contribution in [3.63, 3.8) is 0 Å². The molecule has 0 aliphatic carbocycles. The molecule has 2 nitrogen and oxygen atoms in total. The predicted octanol–water partition coefficient (Wildman–Crippen LogP) is -0.103. The Kier molecular flexibility index (Phi) is 10.7. The molecule has 1 N–H and O–H groups in total. The Hall–Kier alpha value is 0.522. The zero-order valence-corrected chi connectivity index (χ0v) is 4.70. The van der Waals surface area contributed by atoms with Gasteiger partial charge in [0.1, 0.15) is 0 Å². The summed E-state index contributed by atoms with van der Waals surface area (Å²) >= 11 is 0. The van der Waals surface area contributed by atoms with Crippen molar-refractivity contribution in [1.29, 1.82) is 0 Å². The highest BCUT2D eigenvalue weighted by Gasteiger charge is 2.06. The van der Waals surface area contributed by atoms with Crippen LogP contribution in [-0.4, -0.2) is 35.1 Å². The van der Waals surface area contributed by atoms with Crippen LogP contribution in [0, 0.1) is 0 Å². The molecule has 0 radical (unpaired) electrons. The predicted molar refractivity (Wildman–Crippen MR) is 35.2 cm³/mol.